The lowest BCUT2D eigenvalue weighted by atomic mass is 10.1. The van der Waals surface area contributed by atoms with E-state index in [1.54, 1.807) is 11.8 Å². The molecule has 4 rings (SSSR count). The number of hydrogen-bond donors (Lipinski definition) is 1. The fourth-order valence-corrected chi connectivity index (χ4v) is 5.11. The minimum atomic E-state index is 0.776. The van der Waals surface area contributed by atoms with Crippen molar-refractivity contribution in [2.24, 2.45) is 0 Å². The van der Waals surface area contributed by atoms with Crippen molar-refractivity contribution in [1.29, 1.82) is 0 Å². The quantitative estimate of drug-likeness (QED) is 0.338. The Morgan fingerprint density at radius 1 is 1.10 bits per heavy atom. The molecule has 0 aliphatic carbocycles. The van der Waals surface area contributed by atoms with Gasteiger partial charge in [0.1, 0.15) is 6.54 Å². The van der Waals surface area contributed by atoms with Crippen LogP contribution in [0.25, 0.3) is 17.0 Å². The molecule has 1 aliphatic rings. The molecule has 2 aromatic carbocycles. The van der Waals surface area contributed by atoms with E-state index in [0.717, 1.165) is 24.7 Å². The third-order valence-corrected chi connectivity index (χ3v) is 6.90. The van der Waals surface area contributed by atoms with Gasteiger partial charge < -0.3 is 10.2 Å². The van der Waals surface area contributed by atoms with Crippen LogP contribution in [0.4, 0.5) is 5.69 Å². The second-order valence-electron chi connectivity index (χ2n) is 7.69. The third-order valence-electron chi connectivity index (χ3n) is 5.49. The summed E-state index contributed by atoms with van der Waals surface area (Å²) in [6.07, 6.45) is 8.11. The Morgan fingerprint density at radius 2 is 1.97 bits per heavy atom. The van der Waals surface area contributed by atoms with Crippen LogP contribution in [-0.2, 0) is 6.54 Å². The first-order valence-corrected chi connectivity index (χ1v) is 11.9. The molecule has 0 fully saturated rings. The lowest BCUT2D eigenvalue weighted by Gasteiger charge is -2.14. The Labute approximate surface area is 188 Å². The van der Waals surface area contributed by atoms with Crippen LogP contribution in [0.15, 0.2) is 64.7 Å². The molecular weight excluding hydrogens is 410 g/mol. The van der Waals surface area contributed by atoms with Crippen LogP contribution >= 0.6 is 23.4 Å². The van der Waals surface area contributed by atoms with Crippen LogP contribution in [0.5, 0.6) is 0 Å². The number of nitrogens with zero attached hydrogens (tertiary/aromatic N) is 2. The predicted molar refractivity (Wildman–Crippen MR) is 130 cm³/mol. The molecule has 1 N–H and O–H groups in total. The van der Waals surface area contributed by atoms with Crippen molar-refractivity contribution in [3.63, 3.8) is 0 Å². The average molecular weight is 439 g/mol. The largest absolute Gasteiger partial charge is 0.338 e. The van der Waals surface area contributed by atoms with E-state index in [1.165, 1.54) is 51.3 Å². The lowest BCUT2D eigenvalue weighted by molar-refractivity contribution is -0.671. The molecule has 3 nitrogen and oxygen atoms in total. The number of para-hydroxylation sites is 1. The van der Waals surface area contributed by atoms with Gasteiger partial charge in [0.05, 0.1) is 16.1 Å². The van der Waals surface area contributed by atoms with Gasteiger partial charge in [-0.25, -0.2) is 0 Å². The molecule has 156 valence electrons. The standard InChI is InChI=1S/C25H29ClN3S/c1-3-13-27-14-6-7-15-29-16-12-19(21-8-4-5-9-22(21)29)17-25-28(2)23-18-20(26)10-11-24(23)30-25/h4-5,8-12,16-18,27H,3,6-7,13-15H2,1-2H3/q+1. The predicted octanol–water partition coefficient (Wildman–Crippen LogP) is 6.10. The van der Waals surface area contributed by atoms with Crippen molar-refractivity contribution in [2.45, 2.75) is 37.6 Å². The number of pyridine rings is 1. The van der Waals surface area contributed by atoms with Gasteiger partial charge in [0, 0.05) is 35.5 Å². The molecule has 0 saturated carbocycles. The van der Waals surface area contributed by atoms with Crippen molar-refractivity contribution in [2.75, 3.05) is 25.0 Å². The zero-order chi connectivity index (χ0) is 20.9. The van der Waals surface area contributed by atoms with Crippen molar-refractivity contribution in [3.05, 3.63) is 70.3 Å². The molecular formula is C25H29ClN3S+. The number of nitrogens with one attached hydrogen (secondary N) is 1. The van der Waals surface area contributed by atoms with E-state index < -0.39 is 0 Å². The molecule has 5 heteroatoms. The summed E-state index contributed by atoms with van der Waals surface area (Å²) in [5, 5.41) is 6.78. The normalized spacial score (nSPS) is 14.6. The van der Waals surface area contributed by atoms with E-state index >= 15 is 0 Å². The molecule has 0 spiro atoms. The van der Waals surface area contributed by atoms with Crippen molar-refractivity contribution in [3.8, 4) is 0 Å². The molecule has 1 aromatic heterocycles. The number of fused-ring (bicyclic) bond motifs is 2. The number of rotatable bonds is 8. The van der Waals surface area contributed by atoms with Gasteiger partial charge in [0.2, 0.25) is 5.52 Å². The summed E-state index contributed by atoms with van der Waals surface area (Å²) in [7, 11) is 2.11. The van der Waals surface area contributed by atoms with E-state index in [4.69, 9.17) is 11.6 Å². The van der Waals surface area contributed by atoms with Gasteiger partial charge in [-0.15, -0.1) is 0 Å². The van der Waals surface area contributed by atoms with Crippen LogP contribution in [0.2, 0.25) is 5.02 Å². The average Bonchev–Trinajstić information content (AvgIpc) is 3.06. The summed E-state index contributed by atoms with van der Waals surface area (Å²) in [4.78, 5) is 3.48. The number of anilines is 1. The SMILES string of the molecule is CCCNCCCC[n+]1ccc(/C=C2/Sc3ccc(Cl)cc3N2C)c2ccccc21. The van der Waals surface area contributed by atoms with E-state index in [9.17, 15) is 0 Å². The van der Waals surface area contributed by atoms with E-state index in [0.29, 0.717) is 0 Å². The van der Waals surface area contributed by atoms with Crippen LogP contribution in [0.1, 0.15) is 31.7 Å². The Balaban J connectivity index is 1.55. The highest BCUT2D eigenvalue weighted by Gasteiger charge is 2.23. The summed E-state index contributed by atoms with van der Waals surface area (Å²) in [6.45, 7) is 5.47. The first kappa shape index (κ1) is 21.2. The summed E-state index contributed by atoms with van der Waals surface area (Å²) in [6, 6.07) is 17.1. The number of halogens is 1. The van der Waals surface area contributed by atoms with Crippen molar-refractivity contribution < 1.29 is 4.57 Å². The number of thioether (sulfide) groups is 1. The second-order valence-corrected chi connectivity index (χ2v) is 9.19. The summed E-state index contributed by atoms with van der Waals surface area (Å²) in [5.41, 5.74) is 3.71. The van der Waals surface area contributed by atoms with Gasteiger partial charge in [0.25, 0.3) is 0 Å². The molecule has 0 radical (unpaired) electrons. The molecule has 0 unspecified atom stereocenters. The number of aryl methyl sites for hydroxylation is 1. The molecule has 0 bridgehead atoms. The maximum Gasteiger partial charge on any atom is 0.213 e. The fraction of sp³-hybridized carbons (Fsp3) is 0.320. The number of unbranched alkanes of at least 4 members (excludes halogenated alkanes) is 1. The molecule has 2 heterocycles. The van der Waals surface area contributed by atoms with Gasteiger partial charge in [-0.05, 0) is 61.8 Å². The van der Waals surface area contributed by atoms with Gasteiger partial charge in [0.15, 0.2) is 6.20 Å². The molecule has 0 atom stereocenters. The topological polar surface area (TPSA) is 19.1 Å². The van der Waals surface area contributed by atoms with Crippen LogP contribution < -0.4 is 14.8 Å². The summed E-state index contributed by atoms with van der Waals surface area (Å²) < 4.78 is 2.39. The number of benzene rings is 2. The second kappa shape index (κ2) is 9.86. The molecule has 3 aromatic rings. The van der Waals surface area contributed by atoms with Crippen LogP contribution in [0, 0.1) is 0 Å². The molecule has 1 aliphatic heterocycles. The zero-order valence-electron chi connectivity index (χ0n) is 17.7. The third kappa shape index (κ3) is 4.66. The highest BCUT2D eigenvalue weighted by molar-refractivity contribution is 8.03. The zero-order valence-corrected chi connectivity index (χ0v) is 19.3. The van der Waals surface area contributed by atoms with Gasteiger partial charge in [-0.1, -0.05) is 42.4 Å². The monoisotopic (exact) mass is 438 g/mol. The summed E-state index contributed by atoms with van der Waals surface area (Å²) in [5.74, 6) is 0. The van der Waals surface area contributed by atoms with E-state index in [2.05, 4.69) is 77.4 Å². The Morgan fingerprint density at radius 3 is 2.83 bits per heavy atom. The Kier molecular flexibility index (Phi) is 6.98. The minimum absolute atomic E-state index is 0.776. The smallest absolute Gasteiger partial charge is 0.213 e. The maximum absolute atomic E-state index is 6.21. The van der Waals surface area contributed by atoms with Crippen molar-refractivity contribution in [1.82, 2.24) is 5.32 Å². The van der Waals surface area contributed by atoms with Gasteiger partial charge >= 0.3 is 0 Å². The highest BCUT2D eigenvalue weighted by atomic mass is 35.5. The molecule has 0 saturated heterocycles. The number of hydrogen-bond acceptors (Lipinski definition) is 3. The Hall–Kier alpha value is -2.01. The Bertz CT molecular complexity index is 1060. The fourth-order valence-electron chi connectivity index (χ4n) is 3.86. The first-order valence-electron chi connectivity index (χ1n) is 10.7. The first-order chi connectivity index (χ1) is 14.7. The molecule has 0 amide bonds. The van der Waals surface area contributed by atoms with Gasteiger partial charge in [-0.2, -0.15) is 4.57 Å². The van der Waals surface area contributed by atoms with Gasteiger partial charge in [-0.3, -0.25) is 0 Å². The minimum Gasteiger partial charge on any atom is -0.338 e. The van der Waals surface area contributed by atoms with E-state index in [-0.39, 0.29) is 0 Å². The number of aromatic nitrogens is 1. The van der Waals surface area contributed by atoms with E-state index in [1.807, 2.05) is 12.1 Å². The van der Waals surface area contributed by atoms with Crippen LogP contribution in [0.3, 0.4) is 0 Å². The maximum atomic E-state index is 6.21. The molecule has 30 heavy (non-hydrogen) atoms. The summed E-state index contributed by atoms with van der Waals surface area (Å²) >= 11 is 8.01. The van der Waals surface area contributed by atoms with Crippen molar-refractivity contribution >= 4 is 46.0 Å². The highest BCUT2D eigenvalue weighted by Crippen LogP contribution is 2.46. The lowest BCUT2D eigenvalue weighted by Crippen LogP contribution is -2.34. The van der Waals surface area contributed by atoms with Crippen LogP contribution in [-0.4, -0.2) is 20.1 Å².